The highest BCUT2D eigenvalue weighted by Crippen LogP contribution is 2.14. The summed E-state index contributed by atoms with van der Waals surface area (Å²) in [5.41, 5.74) is 4.78. The summed E-state index contributed by atoms with van der Waals surface area (Å²) in [6.45, 7) is 2.70. The number of allylic oxidation sites excluding steroid dienone is 2. The minimum absolute atomic E-state index is 0.239. The third-order valence-corrected chi connectivity index (χ3v) is 3.66. The van der Waals surface area contributed by atoms with Crippen LogP contribution in [0.2, 0.25) is 0 Å². The molecule has 0 unspecified atom stereocenters. The zero-order valence-electron chi connectivity index (χ0n) is 10.4. The van der Waals surface area contributed by atoms with Gasteiger partial charge in [0.15, 0.2) is 0 Å². The fourth-order valence-corrected chi connectivity index (χ4v) is 2.47. The van der Waals surface area contributed by atoms with Gasteiger partial charge in [-0.05, 0) is 43.7 Å². The van der Waals surface area contributed by atoms with Crippen LogP contribution in [0.3, 0.4) is 0 Å². The van der Waals surface area contributed by atoms with E-state index in [2.05, 4.69) is 28.8 Å². The lowest BCUT2D eigenvalue weighted by molar-refractivity contribution is 0.241. The van der Waals surface area contributed by atoms with Crippen molar-refractivity contribution in [3.8, 4) is 0 Å². The van der Waals surface area contributed by atoms with Gasteiger partial charge < -0.3 is 5.32 Å². The monoisotopic (exact) mass is 263 g/mol. The molecule has 96 valence electrons. The van der Waals surface area contributed by atoms with Crippen molar-refractivity contribution in [1.29, 1.82) is 0 Å². The molecule has 1 aliphatic carbocycles. The number of urea groups is 1. The van der Waals surface area contributed by atoms with E-state index in [4.69, 9.17) is 0 Å². The quantitative estimate of drug-likeness (QED) is 0.806. The number of nitrogens with one attached hydrogen (secondary N) is 2. The molecule has 0 saturated carbocycles. The zero-order chi connectivity index (χ0) is 12.8. The van der Waals surface area contributed by atoms with E-state index in [1.807, 2.05) is 17.5 Å². The van der Waals surface area contributed by atoms with E-state index in [9.17, 15) is 4.79 Å². The fourth-order valence-electron chi connectivity index (χ4n) is 1.76. The number of hydrazone groups is 1. The summed E-state index contributed by atoms with van der Waals surface area (Å²) in [5.74, 6) is 0. The average Bonchev–Trinajstić information content (AvgIpc) is 2.98. The predicted molar refractivity (Wildman–Crippen MR) is 75.0 cm³/mol. The van der Waals surface area contributed by atoms with Gasteiger partial charge in [0.05, 0.1) is 5.71 Å². The van der Waals surface area contributed by atoms with Crippen molar-refractivity contribution in [2.45, 2.75) is 26.2 Å². The third kappa shape index (κ3) is 4.00. The van der Waals surface area contributed by atoms with Crippen LogP contribution in [-0.4, -0.2) is 18.3 Å². The van der Waals surface area contributed by atoms with Gasteiger partial charge >= 0.3 is 6.03 Å². The number of thiophene rings is 1. The van der Waals surface area contributed by atoms with Crippen LogP contribution in [0.15, 0.2) is 34.3 Å². The van der Waals surface area contributed by atoms with E-state index < -0.39 is 0 Å². The number of hydrogen-bond donors (Lipinski definition) is 2. The summed E-state index contributed by atoms with van der Waals surface area (Å²) in [5, 5.41) is 8.89. The van der Waals surface area contributed by atoms with Crippen LogP contribution in [-0.2, 0) is 6.42 Å². The van der Waals surface area contributed by atoms with Crippen LogP contribution >= 0.6 is 11.3 Å². The Balaban J connectivity index is 1.66. The van der Waals surface area contributed by atoms with Crippen LogP contribution in [0, 0.1) is 0 Å². The highest BCUT2D eigenvalue weighted by Gasteiger charge is 2.07. The lowest BCUT2D eigenvalue weighted by Crippen LogP contribution is -2.34. The number of rotatable bonds is 4. The van der Waals surface area contributed by atoms with Crippen molar-refractivity contribution in [3.05, 3.63) is 34.0 Å². The Bertz CT molecular complexity index is 463. The fraction of sp³-hybridized carbons (Fsp3) is 0.385. The first-order chi connectivity index (χ1) is 8.74. The van der Waals surface area contributed by atoms with Crippen molar-refractivity contribution >= 4 is 23.1 Å². The normalized spacial score (nSPS) is 16.7. The molecule has 0 bridgehead atoms. The van der Waals surface area contributed by atoms with Crippen LogP contribution in [0.25, 0.3) is 0 Å². The van der Waals surface area contributed by atoms with Gasteiger partial charge in [-0.3, -0.25) is 0 Å². The smallest absolute Gasteiger partial charge is 0.335 e. The summed E-state index contributed by atoms with van der Waals surface area (Å²) in [7, 11) is 0. The molecule has 0 saturated heterocycles. The van der Waals surface area contributed by atoms with Crippen molar-refractivity contribution in [3.63, 3.8) is 0 Å². The Kier molecular flexibility index (Phi) is 4.52. The molecule has 0 radical (unpaired) electrons. The van der Waals surface area contributed by atoms with Crippen molar-refractivity contribution in [1.82, 2.24) is 10.7 Å². The summed E-state index contributed by atoms with van der Waals surface area (Å²) < 4.78 is 0. The topological polar surface area (TPSA) is 53.5 Å². The van der Waals surface area contributed by atoms with E-state index in [0.717, 1.165) is 25.0 Å². The first-order valence-corrected chi connectivity index (χ1v) is 6.92. The average molecular weight is 263 g/mol. The maximum atomic E-state index is 11.5. The maximum absolute atomic E-state index is 11.5. The molecule has 0 atom stereocenters. The predicted octanol–water partition coefficient (Wildman–Crippen LogP) is 2.69. The molecule has 1 heterocycles. The second kappa shape index (κ2) is 6.35. The van der Waals surface area contributed by atoms with Gasteiger partial charge in [-0.25, -0.2) is 10.2 Å². The summed E-state index contributed by atoms with van der Waals surface area (Å²) in [4.78, 5) is 12.7. The minimum atomic E-state index is -0.239. The molecule has 1 aliphatic rings. The summed E-state index contributed by atoms with van der Waals surface area (Å²) in [6.07, 6.45) is 4.84. The molecule has 0 aliphatic heterocycles. The summed E-state index contributed by atoms with van der Waals surface area (Å²) >= 11 is 1.70. The van der Waals surface area contributed by atoms with Gasteiger partial charge in [0, 0.05) is 11.4 Å². The number of carbonyl (C=O) groups is 1. The molecule has 0 spiro atoms. The van der Waals surface area contributed by atoms with Gasteiger partial charge in [0.25, 0.3) is 0 Å². The Morgan fingerprint density at radius 2 is 2.39 bits per heavy atom. The Morgan fingerprint density at radius 3 is 3.06 bits per heavy atom. The standard InChI is InChI=1S/C13H17N3OS/c1-10-4-5-11(9-10)15-16-13(17)14-7-6-12-3-2-8-18-12/h2-3,8-9H,4-7H2,1H3,(H2,14,16,17)/b15-11-. The number of amides is 2. The molecular weight excluding hydrogens is 246 g/mol. The van der Waals surface area contributed by atoms with Gasteiger partial charge in [-0.15, -0.1) is 11.3 Å². The molecule has 2 rings (SSSR count). The van der Waals surface area contributed by atoms with E-state index in [-0.39, 0.29) is 6.03 Å². The lowest BCUT2D eigenvalue weighted by Gasteiger charge is -2.03. The molecule has 0 fully saturated rings. The molecule has 18 heavy (non-hydrogen) atoms. The molecule has 5 heteroatoms. The molecular formula is C13H17N3OS. The minimum Gasteiger partial charge on any atom is -0.336 e. The first kappa shape index (κ1) is 12.8. The number of hydrogen-bond acceptors (Lipinski definition) is 3. The molecule has 1 aromatic rings. The van der Waals surface area contributed by atoms with Crippen molar-refractivity contribution in [2.24, 2.45) is 5.10 Å². The van der Waals surface area contributed by atoms with Gasteiger partial charge in [-0.2, -0.15) is 5.10 Å². The zero-order valence-corrected chi connectivity index (χ0v) is 11.2. The highest BCUT2D eigenvalue weighted by atomic mass is 32.1. The number of nitrogens with zero attached hydrogens (tertiary/aromatic N) is 1. The second-order valence-electron chi connectivity index (χ2n) is 4.29. The third-order valence-electron chi connectivity index (χ3n) is 2.73. The first-order valence-electron chi connectivity index (χ1n) is 6.04. The van der Waals surface area contributed by atoms with E-state index >= 15 is 0 Å². The van der Waals surface area contributed by atoms with Gasteiger partial charge in [-0.1, -0.05) is 11.6 Å². The van der Waals surface area contributed by atoms with Crippen LogP contribution < -0.4 is 10.7 Å². The van der Waals surface area contributed by atoms with Crippen molar-refractivity contribution in [2.75, 3.05) is 6.54 Å². The van der Waals surface area contributed by atoms with Gasteiger partial charge in [0.2, 0.25) is 0 Å². The van der Waals surface area contributed by atoms with Crippen molar-refractivity contribution < 1.29 is 4.79 Å². The Morgan fingerprint density at radius 1 is 1.50 bits per heavy atom. The molecule has 1 aromatic heterocycles. The number of carbonyl (C=O) groups excluding carboxylic acids is 1. The second-order valence-corrected chi connectivity index (χ2v) is 5.32. The molecule has 2 amide bonds. The van der Waals surface area contributed by atoms with Crippen LogP contribution in [0.1, 0.15) is 24.6 Å². The van der Waals surface area contributed by atoms with Crippen LogP contribution in [0.4, 0.5) is 4.79 Å². The molecule has 4 nitrogen and oxygen atoms in total. The van der Waals surface area contributed by atoms with E-state index in [1.54, 1.807) is 11.3 Å². The SMILES string of the molecule is CC1=C/C(=N\NC(=O)NCCc2cccs2)CC1. The highest BCUT2D eigenvalue weighted by molar-refractivity contribution is 7.09. The Hall–Kier alpha value is -1.62. The van der Waals surface area contributed by atoms with E-state index in [0.29, 0.717) is 6.54 Å². The van der Waals surface area contributed by atoms with E-state index in [1.165, 1.54) is 10.5 Å². The molecule has 0 aromatic carbocycles. The summed E-state index contributed by atoms with van der Waals surface area (Å²) in [6, 6.07) is 3.84. The lowest BCUT2D eigenvalue weighted by atomic mass is 10.3. The van der Waals surface area contributed by atoms with Gasteiger partial charge in [0.1, 0.15) is 0 Å². The maximum Gasteiger partial charge on any atom is 0.335 e. The Labute approximate surface area is 111 Å². The van der Waals surface area contributed by atoms with Crippen LogP contribution in [0.5, 0.6) is 0 Å². The largest absolute Gasteiger partial charge is 0.336 e. The molecule has 2 N–H and O–H groups in total.